The van der Waals surface area contributed by atoms with Gasteiger partial charge in [-0.3, -0.25) is 0 Å². The van der Waals surface area contributed by atoms with Crippen LogP contribution < -0.4 is 5.32 Å². The summed E-state index contributed by atoms with van der Waals surface area (Å²) in [6.07, 6.45) is 4.89. The number of phenolic OH excluding ortho intramolecular Hbond substituents is 1. The molecule has 0 spiro atoms. The zero-order chi connectivity index (χ0) is 11.4. The van der Waals surface area contributed by atoms with E-state index in [1.165, 1.54) is 24.8 Å². The van der Waals surface area contributed by atoms with Crippen molar-refractivity contribution in [3.63, 3.8) is 0 Å². The number of nitrogens with one attached hydrogen (secondary N) is 1. The molecule has 1 aliphatic heterocycles. The van der Waals surface area contributed by atoms with Gasteiger partial charge in [0.15, 0.2) is 0 Å². The Morgan fingerprint density at radius 3 is 2.88 bits per heavy atom. The van der Waals surface area contributed by atoms with Crippen molar-refractivity contribution in [2.24, 2.45) is 0 Å². The molecule has 1 atom stereocenters. The molecule has 0 saturated carbocycles. The van der Waals surface area contributed by atoms with Gasteiger partial charge in [0.1, 0.15) is 5.75 Å². The molecule has 1 aromatic rings. The predicted molar refractivity (Wildman–Crippen MR) is 74.0 cm³/mol. The highest BCUT2D eigenvalue weighted by Gasteiger charge is 2.31. The van der Waals surface area contributed by atoms with Crippen LogP contribution in [-0.2, 0) is 5.41 Å². The predicted octanol–water partition coefficient (Wildman–Crippen LogP) is 3.24. The Bertz CT molecular complexity index is 346. The zero-order valence-electron chi connectivity index (χ0n) is 10.4. The molecule has 3 heteroatoms. The van der Waals surface area contributed by atoms with Crippen LogP contribution in [0.2, 0.25) is 0 Å². The Kier molecular flexibility index (Phi) is 5.29. The van der Waals surface area contributed by atoms with E-state index in [9.17, 15) is 5.11 Å². The molecule has 17 heavy (non-hydrogen) atoms. The Balaban J connectivity index is 0.00000144. The van der Waals surface area contributed by atoms with Gasteiger partial charge in [-0.2, -0.15) is 0 Å². The first kappa shape index (κ1) is 14.3. The molecule has 2 N–H and O–H groups in total. The third-order valence-corrected chi connectivity index (χ3v) is 3.86. The first-order valence-electron chi connectivity index (χ1n) is 6.27. The molecule has 0 unspecified atom stereocenters. The van der Waals surface area contributed by atoms with Crippen LogP contribution in [0.5, 0.6) is 5.75 Å². The van der Waals surface area contributed by atoms with Gasteiger partial charge >= 0.3 is 0 Å². The van der Waals surface area contributed by atoms with Crippen molar-refractivity contribution in [1.82, 2.24) is 5.32 Å². The monoisotopic (exact) mass is 255 g/mol. The van der Waals surface area contributed by atoms with Crippen LogP contribution >= 0.6 is 12.4 Å². The van der Waals surface area contributed by atoms with Crippen molar-refractivity contribution in [3.8, 4) is 5.75 Å². The summed E-state index contributed by atoms with van der Waals surface area (Å²) < 4.78 is 0. The number of halogens is 1. The summed E-state index contributed by atoms with van der Waals surface area (Å²) in [5, 5.41) is 13.1. The molecule has 0 aromatic heterocycles. The quantitative estimate of drug-likeness (QED) is 0.851. The molecule has 2 nitrogen and oxygen atoms in total. The van der Waals surface area contributed by atoms with E-state index in [4.69, 9.17) is 0 Å². The SMILES string of the molecule is CC[C@@]1(c2cccc(O)c2)CCCCNC1.Cl. The van der Waals surface area contributed by atoms with Crippen molar-refractivity contribution >= 4 is 12.4 Å². The average Bonchev–Trinajstić information content (AvgIpc) is 2.55. The first-order valence-corrected chi connectivity index (χ1v) is 6.27. The normalized spacial score (nSPS) is 24.8. The summed E-state index contributed by atoms with van der Waals surface area (Å²) in [5.74, 6) is 0.384. The zero-order valence-corrected chi connectivity index (χ0v) is 11.2. The van der Waals surface area contributed by atoms with Crippen LogP contribution in [0.1, 0.15) is 38.2 Å². The molecule has 2 rings (SSSR count). The highest BCUT2D eigenvalue weighted by atomic mass is 35.5. The van der Waals surface area contributed by atoms with E-state index in [0.29, 0.717) is 5.75 Å². The molecular weight excluding hydrogens is 234 g/mol. The summed E-state index contributed by atoms with van der Waals surface area (Å²) >= 11 is 0. The summed E-state index contributed by atoms with van der Waals surface area (Å²) in [6, 6.07) is 7.77. The lowest BCUT2D eigenvalue weighted by Crippen LogP contribution is -2.36. The van der Waals surface area contributed by atoms with Gasteiger partial charge in [0, 0.05) is 12.0 Å². The van der Waals surface area contributed by atoms with Crippen molar-refractivity contribution < 1.29 is 5.11 Å². The Hall–Kier alpha value is -0.730. The van der Waals surface area contributed by atoms with Crippen molar-refractivity contribution in [2.75, 3.05) is 13.1 Å². The highest BCUT2D eigenvalue weighted by Crippen LogP contribution is 2.35. The largest absolute Gasteiger partial charge is 0.508 e. The second-order valence-electron chi connectivity index (χ2n) is 4.82. The fourth-order valence-electron chi connectivity index (χ4n) is 2.72. The number of aromatic hydroxyl groups is 1. The number of hydrogen-bond acceptors (Lipinski definition) is 2. The minimum atomic E-state index is 0. The van der Waals surface area contributed by atoms with E-state index in [1.807, 2.05) is 12.1 Å². The second kappa shape index (κ2) is 6.27. The molecule has 1 saturated heterocycles. The minimum absolute atomic E-state index is 0. The smallest absolute Gasteiger partial charge is 0.115 e. The van der Waals surface area contributed by atoms with Gasteiger partial charge < -0.3 is 10.4 Å². The third kappa shape index (κ3) is 3.14. The first-order chi connectivity index (χ1) is 7.77. The summed E-state index contributed by atoms with van der Waals surface area (Å²) in [6.45, 7) is 4.41. The van der Waals surface area contributed by atoms with Crippen LogP contribution in [0.25, 0.3) is 0 Å². The van der Waals surface area contributed by atoms with Crippen LogP contribution in [0.3, 0.4) is 0 Å². The van der Waals surface area contributed by atoms with Gasteiger partial charge in [-0.15, -0.1) is 12.4 Å². The van der Waals surface area contributed by atoms with Crippen LogP contribution in [0.4, 0.5) is 0 Å². The maximum atomic E-state index is 9.60. The average molecular weight is 256 g/mol. The van der Waals surface area contributed by atoms with Gasteiger partial charge in [-0.05, 0) is 43.5 Å². The summed E-state index contributed by atoms with van der Waals surface area (Å²) in [5.41, 5.74) is 1.50. The van der Waals surface area contributed by atoms with E-state index < -0.39 is 0 Å². The lowest BCUT2D eigenvalue weighted by molar-refractivity contribution is 0.374. The molecule has 1 aliphatic rings. The van der Waals surface area contributed by atoms with Gasteiger partial charge in [0.2, 0.25) is 0 Å². The molecule has 0 radical (unpaired) electrons. The van der Waals surface area contributed by atoms with E-state index in [-0.39, 0.29) is 17.8 Å². The fourth-order valence-corrected chi connectivity index (χ4v) is 2.72. The Labute approximate surface area is 110 Å². The summed E-state index contributed by atoms with van der Waals surface area (Å²) in [4.78, 5) is 0. The topological polar surface area (TPSA) is 32.3 Å². The fraction of sp³-hybridized carbons (Fsp3) is 0.571. The standard InChI is InChI=1S/C14H21NO.ClH/c1-2-14(8-3-4-9-15-11-14)12-6-5-7-13(16)10-12;/h5-7,10,15-16H,2-4,8-9,11H2,1H3;1H/t14-;/m1./s1. The minimum Gasteiger partial charge on any atom is -0.508 e. The van der Waals surface area contributed by atoms with Crippen molar-refractivity contribution in [3.05, 3.63) is 29.8 Å². The molecule has 0 bridgehead atoms. The maximum absolute atomic E-state index is 9.60. The number of rotatable bonds is 2. The van der Waals surface area contributed by atoms with Crippen molar-refractivity contribution in [2.45, 2.75) is 38.0 Å². The molecule has 0 aliphatic carbocycles. The van der Waals surface area contributed by atoms with E-state index >= 15 is 0 Å². The lowest BCUT2D eigenvalue weighted by atomic mass is 9.74. The molecule has 1 fully saturated rings. The molecule has 96 valence electrons. The van der Waals surface area contributed by atoms with Crippen LogP contribution in [-0.4, -0.2) is 18.2 Å². The molecule has 1 aromatic carbocycles. The van der Waals surface area contributed by atoms with E-state index in [0.717, 1.165) is 19.5 Å². The highest BCUT2D eigenvalue weighted by molar-refractivity contribution is 5.85. The van der Waals surface area contributed by atoms with Gasteiger partial charge in [0.25, 0.3) is 0 Å². The van der Waals surface area contributed by atoms with Crippen molar-refractivity contribution in [1.29, 1.82) is 0 Å². The van der Waals surface area contributed by atoms with E-state index in [2.05, 4.69) is 18.3 Å². The number of benzene rings is 1. The lowest BCUT2D eigenvalue weighted by Gasteiger charge is -2.32. The van der Waals surface area contributed by atoms with Crippen LogP contribution in [0, 0.1) is 0 Å². The molecular formula is C14H22ClNO. The Morgan fingerprint density at radius 1 is 1.35 bits per heavy atom. The summed E-state index contributed by atoms with van der Waals surface area (Å²) in [7, 11) is 0. The third-order valence-electron chi connectivity index (χ3n) is 3.86. The van der Waals surface area contributed by atoms with Gasteiger partial charge in [-0.25, -0.2) is 0 Å². The van der Waals surface area contributed by atoms with E-state index in [1.54, 1.807) is 6.07 Å². The molecule has 1 heterocycles. The second-order valence-corrected chi connectivity index (χ2v) is 4.82. The number of phenols is 1. The Morgan fingerprint density at radius 2 is 2.18 bits per heavy atom. The molecule has 0 amide bonds. The number of hydrogen-bond donors (Lipinski definition) is 2. The van der Waals surface area contributed by atoms with Crippen LogP contribution in [0.15, 0.2) is 24.3 Å². The van der Waals surface area contributed by atoms with Gasteiger partial charge in [-0.1, -0.05) is 25.5 Å². The van der Waals surface area contributed by atoms with Gasteiger partial charge in [0.05, 0.1) is 0 Å². The maximum Gasteiger partial charge on any atom is 0.115 e.